The van der Waals surface area contributed by atoms with Crippen molar-refractivity contribution in [3.05, 3.63) is 29.6 Å². The molecule has 0 saturated carbocycles. The minimum Gasteiger partial charge on any atom is -0.492 e. The second-order valence-electron chi connectivity index (χ2n) is 3.84. The van der Waals surface area contributed by atoms with Crippen LogP contribution >= 0.6 is 0 Å². The summed E-state index contributed by atoms with van der Waals surface area (Å²) in [5.74, 6) is -3.65. The lowest BCUT2D eigenvalue weighted by Gasteiger charge is -2.19. The van der Waals surface area contributed by atoms with Gasteiger partial charge in [-0.1, -0.05) is 5.16 Å². The first-order valence-corrected chi connectivity index (χ1v) is 5.18. The van der Waals surface area contributed by atoms with Crippen LogP contribution in [-0.4, -0.2) is 23.8 Å². The van der Waals surface area contributed by atoms with Crippen LogP contribution in [0.2, 0.25) is 0 Å². The molecule has 0 heterocycles. The van der Waals surface area contributed by atoms with Gasteiger partial charge < -0.3 is 15.7 Å². The van der Waals surface area contributed by atoms with Crippen LogP contribution in [-0.2, 0) is 0 Å². The fraction of sp³-hybridized carbons (Fsp3) is 0.364. The quantitative estimate of drug-likeness (QED) is 0.293. The van der Waals surface area contributed by atoms with Gasteiger partial charge >= 0.3 is 6.18 Å². The second-order valence-corrected chi connectivity index (χ2v) is 3.84. The molecule has 0 bridgehead atoms. The summed E-state index contributed by atoms with van der Waals surface area (Å²) in [7, 11) is 0. The van der Waals surface area contributed by atoms with E-state index in [1.54, 1.807) is 0 Å². The molecule has 0 saturated heterocycles. The molecule has 0 radical (unpaired) electrons. The summed E-state index contributed by atoms with van der Waals surface area (Å²) in [4.78, 5) is 0. The van der Waals surface area contributed by atoms with Gasteiger partial charge in [0.15, 0.2) is 5.84 Å². The molecule has 106 valence electrons. The highest BCUT2D eigenvalue weighted by atomic mass is 19.4. The summed E-state index contributed by atoms with van der Waals surface area (Å²) in [6.07, 6.45) is -4.70. The van der Waals surface area contributed by atoms with Crippen molar-refractivity contribution in [3.8, 4) is 5.75 Å². The molecule has 0 aliphatic rings. The van der Waals surface area contributed by atoms with E-state index in [4.69, 9.17) is 15.7 Å². The smallest absolute Gasteiger partial charge is 0.402 e. The molecular formula is C11H12F4N2O2. The van der Waals surface area contributed by atoms with Crippen molar-refractivity contribution in [1.29, 1.82) is 0 Å². The molecule has 0 fully saturated rings. The predicted octanol–water partition coefficient (Wildman–Crippen LogP) is 2.44. The van der Waals surface area contributed by atoms with E-state index in [1.807, 2.05) is 0 Å². The molecule has 1 aromatic carbocycles. The van der Waals surface area contributed by atoms with Crippen molar-refractivity contribution < 1.29 is 27.5 Å². The average Bonchev–Trinajstić information content (AvgIpc) is 2.31. The number of aryl methyl sites for hydroxylation is 1. The van der Waals surface area contributed by atoms with Crippen LogP contribution in [0.15, 0.2) is 23.4 Å². The van der Waals surface area contributed by atoms with Gasteiger partial charge in [-0.15, -0.1) is 0 Å². The normalized spacial score (nSPS) is 14.3. The highest BCUT2D eigenvalue weighted by molar-refractivity contribution is 5.83. The van der Waals surface area contributed by atoms with Gasteiger partial charge in [-0.3, -0.25) is 0 Å². The molecule has 0 spiro atoms. The Morgan fingerprint density at radius 2 is 2.11 bits per heavy atom. The summed E-state index contributed by atoms with van der Waals surface area (Å²) in [5, 5.41) is 10.6. The Labute approximate surface area is 106 Å². The number of amidine groups is 1. The van der Waals surface area contributed by atoms with Gasteiger partial charge in [0.05, 0.1) is 0 Å². The Bertz CT molecular complexity index is 474. The van der Waals surface area contributed by atoms with Gasteiger partial charge in [-0.05, 0) is 30.7 Å². The summed E-state index contributed by atoms with van der Waals surface area (Å²) >= 11 is 0. The number of halogens is 4. The number of hydrogen-bond donors (Lipinski definition) is 2. The molecular weight excluding hydrogens is 268 g/mol. The molecule has 1 unspecified atom stereocenters. The van der Waals surface area contributed by atoms with Crippen LogP contribution in [0.25, 0.3) is 0 Å². The number of nitrogens with two attached hydrogens (primary N) is 1. The molecule has 0 aliphatic heterocycles. The van der Waals surface area contributed by atoms with Crippen molar-refractivity contribution in [1.82, 2.24) is 0 Å². The largest absolute Gasteiger partial charge is 0.492 e. The van der Waals surface area contributed by atoms with Crippen molar-refractivity contribution in [3.63, 3.8) is 0 Å². The van der Waals surface area contributed by atoms with Crippen molar-refractivity contribution in [2.24, 2.45) is 16.8 Å². The van der Waals surface area contributed by atoms with Crippen molar-refractivity contribution in [2.45, 2.75) is 13.1 Å². The molecule has 0 aliphatic carbocycles. The Hall–Kier alpha value is -1.99. The maximum absolute atomic E-state index is 13.0. The minimum atomic E-state index is -4.70. The van der Waals surface area contributed by atoms with Crippen LogP contribution in [0.4, 0.5) is 17.6 Å². The van der Waals surface area contributed by atoms with E-state index in [2.05, 4.69) is 5.16 Å². The third-order valence-electron chi connectivity index (χ3n) is 2.41. The van der Waals surface area contributed by atoms with E-state index in [-0.39, 0.29) is 11.3 Å². The Morgan fingerprint density at radius 1 is 1.47 bits per heavy atom. The first-order chi connectivity index (χ1) is 8.75. The third kappa shape index (κ3) is 4.01. The summed E-state index contributed by atoms with van der Waals surface area (Å²) in [5.41, 5.74) is 5.20. The van der Waals surface area contributed by atoms with Gasteiger partial charge in [0.25, 0.3) is 0 Å². The monoisotopic (exact) mass is 280 g/mol. The number of rotatable bonds is 4. The number of nitrogens with zero attached hydrogens (tertiary/aromatic N) is 1. The molecule has 1 atom stereocenters. The lowest BCUT2D eigenvalue weighted by molar-refractivity contribution is -0.162. The van der Waals surface area contributed by atoms with Crippen LogP contribution in [0.5, 0.6) is 5.75 Å². The van der Waals surface area contributed by atoms with E-state index >= 15 is 0 Å². The number of oxime groups is 1. The lowest BCUT2D eigenvalue weighted by Crippen LogP contribution is -2.40. The fourth-order valence-corrected chi connectivity index (χ4v) is 1.30. The first kappa shape index (κ1) is 15.1. The van der Waals surface area contributed by atoms with Crippen LogP contribution in [0, 0.1) is 18.7 Å². The average molecular weight is 280 g/mol. The highest BCUT2D eigenvalue weighted by Crippen LogP contribution is 2.27. The van der Waals surface area contributed by atoms with Crippen LogP contribution in [0.3, 0.4) is 0 Å². The third-order valence-corrected chi connectivity index (χ3v) is 2.41. The number of ether oxygens (including phenoxy) is 1. The molecule has 3 N–H and O–H groups in total. The molecule has 4 nitrogen and oxygen atoms in total. The molecule has 8 heteroatoms. The lowest BCUT2D eigenvalue weighted by atomic mass is 10.1. The van der Waals surface area contributed by atoms with Crippen LogP contribution < -0.4 is 10.5 Å². The number of alkyl halides is 3. The molecule has 19 heavy (non-hydrogen) atoms. The van der Waals surface area contributed by atoms with E-state index in [0.29, 0.717) is 0 Å². The van der Waals surface area contributed by atoms with Gasteiger partial charge in [0.1, 0.15) is 24.1 Å². The zero-order chi connectivity index (χ0) is 14.6. The summed E-state index contributed by atoms with van der Waals surface area (Å²) in [6, 6.07) is 3.54. The van der Waals surface area contributed by atoms with Crippen molar-refractivity contribution >= 4 is 5.84 Å². The van der Waals surface area contributed by atoms with Gasteiger partial charge in [0, 0.05) is 0 Å². The maximum Gasteiger partial charge on any atom is 0.402 e. The fourth-order valence-electron chi connectivity index (χ4n) is 1.30. The summed E-state index contributed by atoms with van der Waals surface area (Å²) < 4.78 is 55.6. The maximum atomic E-state index is 13.0. The molecule has 0 aromatic heterocycles. The molecule has 0 amide bonds. The van der Waals surface area contributed by atoms with Gasteiger partial charge in [-0.2, -0.15) is 13.2 Å². The van der Waals surface area contributed by atoms with E-state index < -0.39 is 30.4 Å². The first-order valence-electron chi connectivity index (χ1n) is 5.18. The SMILES string of the molecule is Cc1cc(OCC(/C(N)=N/O)C(F)(F)F)ccc1F. The Morgan fingerprint density at radius 3 is 2.58 bits per heavy atom. The highest BCUT2D eigenvalue weighted by Gasteiger charge is 2.43. The second kappa shape index (κ2) is 5.77. The Kier molecular flexibility index (Phi) is 4.57. The summed E-state index contributed by atoms with van der Waals surface area (Å²) in [6.45, 7) is 0.595. The van der Waals surface area contributed by atoms with E-state index in [1.165, 1.54) is 19.1 Å². The molecule has 1 rings (SSSR count). The zero-order valence-corrected chi connectivity index (χ0v) is 9.91. The Balaban J connectivity index is 2.79. The number of benzene rings is 1. The number of hydrogen-bond acceptors (Lipinski definition) is 3. The van der Waals surface area contributed by atoms with E-state index in [9.17, 15) is 17.6 Å². The van der Waals surface area contributed by atoms with Crippen LogP contribution in [0.1, 0.15) is 5.56 Å². The van der Waals surface area contributed by atoms with E-state index in [0.717, 1.165) is 6.07 Å². The topological polar surface area (TPSA) is 67.8 Å². The standard InChI is InChI=1S/C11H12F4N2O2/c1-6-4-7(2-3-9(6)12)19-5-8(10(16)17-18)11(13,14)15/h2-4,8,18H,5H2,1H3,(H2,16,17). The zero-order valence-electron chi connectivity index (χ0n) is 9.91. The van der Waals surface area contributed by atoms with Crippen molar-refractivity contribution in [2.75, 3.05) is 6.61 Å². The predicted molar refractivity (Wildman–Crippen MR) is 59.6 cm³/mol. The van der Waals surface area contributed by atoms with Gasteiger partial charge in [0.2, 0.25) is 0 Å². The minimum absolute atomic E-state index is 0.0684. The van der Waals surface area contributed by atoms with Gasteiger partial charge in [-0.25, -0.2) is 4.39 Å². The molecule has 1 aromatic rings.